The van der Waals surface area contributed by atoms with Gasteiger partial charge in [0.05, 0.1) is 0 Å². The zero-order chi connectivity index (χ0) is 13.8. The van der Waals surface area contributed by atoms with Crippen LogP contribution in [0.15, 0.2) is 52.3 Å². The lowest BCUT2D eigenvalue weighted by atomic mass is 10.3. The lowest BCUT2D eigenvalue weighted by Crippen LogP contribution is -2.05. The largest absolute Gasteiger partial charge is 0.398 e. The van der Waals surface area contributed by atoms with Crippen LogP contribution in [0.25, 0.3) is 0 Å². The van der Waals surface area contributed by atoms with Crippen LogP contribution in [0.1, 0.15) is 6.92 Å². The average molecular weight is 293 g/mol. The number of nitrogens with one attached hydrogen (secondary N) is 1. The minimum Gasteiger partial charge on any atom is -0.398 e. The fourth-order valence-corrected chi connectivity index (χ4v) is 2.67. The van der Waals surface area contributed by atoms with E-state index in [4.69, 9.17) is 17.3 Å². The van der Waals surface area contributed by atoms with E-state index in [2.05, 4.69) is 5.32 Å². The van der Waals surface area contributed by atoms with Crippen molar-refractivity contribution in [2.24, 2.45) is 0 Å². The Bertz CT molecular complexity index is 599. The summed E-state index contributed by atoms with van der Waals surface area (Å²) in [4.78, 5) is 12.9. The van der Waals surface area contributed by atoms with Gasteiger partial charge < -0.3 is 11.1 Å². The predicted molar refractivity (Wildman–Crippen MR) is 80.7 cm³/mol. The number of carbonyl (C=O) groups is 1. The van der Waals surface area contributed by atoms with E-state index in [0.717, 1.165) is 15.5 Å². The number of hydrogen-bond acceptors (Lipinski definition) is 3. The topological polar surface area (TPSA) is 55.1 Å². The van der Waals surface area contributed by atoms with Gasteiger partial charge >= 0.3 is 0 Å². The summed E-state index contributed by atoms with van der Waals surface area (Å²) in [6, 6.07) is 12.9. The van der Waals surface area contributed by atoms with Gasteiger partial charge in [0.2, 0.25) is 5.91 Å². The number of anilines is 2. The lowest BCUT2D eigenvalue weighted by Gasteiger charge is -2.07. The maximum absolute atomic E-state index is 10.9. The fraction of sp³-hybridized carbons (Fsp3) is 0.0714. The van der Waals surface area contributed by atoms with Gasteiger partial charge in [0, 0.05) is 33.1 Å². The molecule has 2 aromatic carbocycles. The second kappa shape index (κ2) is 5.99. The molecule has 5 heteroatoms. The zero-order valence-electron chi connectivity index (χ0n) is 10.3. The molecule has 2 rings (SSSR count). The standard InChI is InChI=1S/C14H13ClN2OS/c1-9(18)17-11-3-5-12(6-4-11)19-14-8-10(15)2-7-13(14)16/h2-8H,16H2,1H3,(H,17,18). The molecule has 0 spiro atoms. The maximum atomic E-state index is 10.9. The van der Waals surface area contributed by atoms with Crippen molar-refractivity contribution < 1.29 is 4.79 Å². The highest BCUT2D eigenvalue weighted by Crippen LogP contribution is 2.34. The molecule has 1 amide bonds. The number of hydrogen-bond donors (Lipinski definition) is 2. The molecule has 0 heterocycles. The first-order valence-electron chi connectivity index (χ1n) is 5.65. The van der Waals surface area contributed by atoms with Crippen LogP contribution in [0.2, 0.25) is 5.02 Å². The summed E-state index contributed by atoms with van der Waals surface area (Å²) < 4.78 is 0. The molecule has 0 unspecified atom stereocenters. The molecule has 0 radical (unpaired) electrons. The first-order chi connectivity index (χ1) is 9.04. The fourth-order valence-electron chi connectivity index (χ4n) is 1.53. The van der Waals surface area contributed by atoms with Gasteiger partial charge in [0.1, 0.15) is 0 Å². The van der Waals surface area contributed by atoms with Gasteiger partial charge in [0.25, 0.3) is 0 Å². The molecule has 0 aliphatic heterocycles. The predicted octanol–water partition coefficient (Wildman–Crippen LogP) is 4.03. The van der Waals surface area contributed by atoms with Crippen molar-refractivity contribution in [3.63, 3.8) is 0 Å². The first kappa shape index (κ1) is 13.8. The van der Waals surface area contributed by atoms with Crippen molar-refractivity contribution in [3.8, 4) is 0 Å². The number of benzene rings is 2. The molecule has 3 N–H and O–H groups in total. The Morgan fingerprint density at radius 2 is 1.89 bits per heavy atom. The van der Waals surface area contributed by atoms with Crippen molar-refractivity contribution >= 4 is 40.6 Å². The highest BCUT2D eigenvalue weighted by molar-refractivity contribution is 7.99. The Balaban J connectivity index is 2.15. The molecule has 2 aromatic rings. The van der Waals surface area contributed by atoms with Gasteiger partial charge in [-0.3, -0.25) is 4.79 Å². The van der Waals surface area contributed by atoms with Crippen molar-refractivity contribution in [1.82, 2.24) is 0 Å². The van der Waals surface area contributed by atoms with E-state index >= 15 is 0 Å². The van der Waals surface area contributed by atoms with E-state index in [1.54, 1.807) is 12.1 Å². The molecule has 0 saturated heterocycles. The summed E-state index contributed by atoms with van der Waals surface area (Å²) in [5.74, 6) is -0.0838. The van der Waals surface area contributed by atoms with Crippen LogP contribution < -0.4 is 11.1 Å². The van der Waals surface area contributed by atoms with Crippen molar-refractivity contribution in [2.75, 3.05) is 11.1 Å². The molecule has 0 atom stereocenters. The van der Waals surface area contributed by atoms with Crippen LogP contribution in [-0.2, 0) is 4.79 Å². The molecule has 0 fully saturated rings. The third-order valence-electron chi connectivity index (χ3n) is 2.38. The van der Waals surface area contributed by atoms with E-state index < -0.39 is 0 Å². The normalized spacial score (nSPS) is 10.2. The summed E-state index contributed by atoms with van der Waals surface area (Å²) in [6.07, 6.45) is 0. The average Bonchev–Trinajstić information content (AvgIpc) is 2.35. The van der Waals surface area contributed by atoms with Crippen molar-refractivity contribution in [2.45, 2.75) is 16.7 Å². The van der Waals surface area contributed by atoms with E-state index in [9.17, 15) is 4.79 Å². The highest BCUT2D eigenvalue weighted by atomic mass is 35.5. The highest BCUT2D eigenvalue weighted by Gasteiger charge is 2.03. The quantitative estimate of drug-likeness (QED) is 0.840. The number of nitrogens with two attached hydrogens (primary N) is 1. The minimum atomic E-state index is -0.0838. The Morgan fingerprint density at radius 3 is 2.53 bits per heavy atom. The number of rotatable bonds is 3. The second-order valence-corrected chi connectivity index (χ2v) is 5.54. The van der Waals surface area contributed by atoms with Crippen molar-refractivity contribution in [3.05, 3.63) is 47.5 Å². The molecule has 0 saturated carbocycles. The summed E-state index contributed by atoms with van der Waals surface area (Å²) >= 11 is 7.48. The molecule has 0 bridgehead atoms. The Kier molecular flexibility index (Phi) is 4.35. The van der Waals surface area contributed by atoms with Gasteiger partial charge in [-0.1, -0.05) is 23.4 Å². The van der Waals surface area contributed by atoms with Crippen LogP contribution in [0, 0.1) is 0 Å². The van der Waals surface area contributed by atoms with Gasteiger partial charge in [-0.15, -0.1) is 0 Å². The van der Waals surface area contributed by atoms with E-state index in [1.807, 2.05) is 30.3 Å². The third-order valence-corrected chi connectivity index (χ3v) is 3.69. The molecule has 98 valence electrons. The van der Waals surface area contributed by atoms with Gasteiger partial charge in [0.15, 0.2) is 0 Å². The van der Waals surface area contributed by atoms with Crippen LogP contribution in [0.3, 0.4) is 0 Å². The Labute approximate surface area is 121 Å². The van der Waals surface area contributed by atoms with Gasteiger partial charge in [-0.2, -0.15) is 0 Å². The van der Waals surface area contributed by atoms with Crippen molar-refractivity contribution in [1.29, 1.82) is 0 Å². The summed E-state index contributed by atoms with van der Waals surface area (Å²) in [5, 5.41) is 3.38. The smallest absolute Gasteiger partial charge is 0.221 e. The second-order valence-electron chi connectivity index (χ2n) is 3.99. The van der Waals surface area contributed by atoms with Crippen LogP contribution in [0.4, 0.5) is 11.4 Å². The van der Waals surface area contributed by atoms with E-state index in [-0.39, 0.29) is 5.91 Å². The van der Waals surface area contributed by atoms with Crippen LogP contribution >= 0.6 is 23.4 Å². The molecular weight excluding hydrogens is 280 g/mol. The SMILES string of the molecule is CC(=O)Nc1ccc(Sc2cc(Cl)ccc2N)cc1. The summed E-state index contributed by atoms with van der Waals surface area (Å²) in [6.45, 7) is 1.48. The molecule has 0 aliphatic carbocycles. The summed E-state index contributed by atoms with van der Waals surface area (Å²) in [7, 11) is 0. The van der Waals surface area contributed by atoms with E-state index in [0.29, 0.717) is 10.7 Å². The number of nitrogen functional groups attached to an aromatic ring is 1. The number of halogens is 1. The molecule has 0 aliphatic rings. The maximum Gasteiger partial charge on any atom is 0.221 e. The monoisotopic (exact) mass is 292 g/mol. The van der Waals surface area contributed by atoms with Gasteiger partial charge in [-0.25, -0.2) is 0 Å². The molecule has 19 heavy (non-hydrogen) atoms. The first-order valence-corrected chi connectivity index (χ1v) is 6.84. The number of carbonyl (C=O) groups excluding carboxylic acids is 1. The summed E-state index contributed by atoms with van der Waals surface area (Å²) in [5.41, 5.74) is 7.37. The third kappa shape index (κ3) is 3.91. The molecule has 0 aromatic heterocycles. The van der Waals surface area contributed by atoms with Gasteiger partial charge in [-0.05, 0) is 42.5 Å². The lowest BCUT2D eigenvalue weighted by molar-refractivity contribution is -0.114. The van der Waals surface area contributed by atoms with Crippen LogP contribution in [0.5, 0.6) is 0 Å². The minimum absolute atomic E-state index is 0.0838. The Hall–Kier alpha value is -1.65. The molecular formula is C14H13ClN2OS. The van der Waals surface area contributed by atoms with E-state index in [1.165, 1.54) is 18.7 Å². The van der Waals surface area contributed by atoms with Crippen LogP contribution in [-0.4, -0.2) is 5.91 Å². The molecule has 3 nitrogen and oxygen atoms in total. The number of amides is 1. The zero-order valence-corrected chi connectivity index (χ0v) is 11.9. The Morgan fingerprint density at radius 1 is 1.21 bits per heavy atom.